The predicted octanol–water partition coefficient (Wildman–Crippen LogP) is 0.561. The highest BCUT2D eigenvalue weighted by Crippen LogP contribution is 2.21. The number of carbonyl (C=O) groups is 1. The maximum atomic E-state index is 12.7. The Morgan fingerprint density at radius 2 is 1.58 bits per heavy atom. The van der Waals surface area contributed by atoms with Crippen molar-refractivity contribution in [2.45, 2.75) is 4.90 Å². The molecule has 1 fully saturated rings. The SMILES string of the molecule is O=C([O-])c1cccc(S(=O)(=O)N2CCN(c3ccccc3)CC2)c1. The molecular weight excluding hydrogens is 328 g/mol. The molecule has 2 aromatic rings. The van der Waals surface area contributed by atoms with Crippen LogP contribution in [-0.2, 0) is 10.0 Å². The van der Waals surface area contributed by atoms with Crippen LogP contribution in [0.4, 0.5) is 5.69 Å². The molecule has 1 heterocycles. The van der Waals surface area contributed by atoms with Crippen LogP contribution in [0.2, 0.25) is 0 Å². The van der Waals surface area contributed by atoms with Crippen molar-refractivity contribution in [3.8, 4) is 0 Å². The molecule has 7 heteroatoms. The smallest absolute Gasteiger partial charge is 0.243 e. The lowest BCUT2D eigenvalue weighted by Gasteiger charge is -2.35. The Balaban J connectivity index is 1.75. The van der Waals surface area contributed by atoms with Crippen molar-refractivity contribution in [2.75, 3.05) is 31.1 Å². The zero-order chi connectivity index (χ0) is 17.2. The Morgan fingerprint density at radius 1 is 0.917 bits per heavy atom. The summed E-state index contributed by atoms with van der Waals surface area (Å²) in [6.45, 7) is 1.88. The molecule has 0 aliphatic carbocycles. The quantitative estimate of drug-likeness (QED) is 0.809. The molecule has 126 valence electrons. The van der Waals surface area contributed by atoms with Crippen molar-refractivity contribution >= 4 is 21.7 Å². The molecule has 0 N–H and O–H groups in total. The maximum absolute atomic E-state index is 12.7. The van der Waals surface area contributed by atoms with Gasteiger partial charge in [-0.2, -0.15) is 4.31 Å². The molecule has 6 nitrogen and oxygen atoms in total. The lowest BCUT2D eigenvalue weighted by atomic mass is 10.2. The highest BCUT2D eigenvalue weighted by molar-refractivity contribution is 7.89. The number of hydrogen-bond donors (Lipinski definition) is 0. The van der Waals surface area contributed by atoms with Crippen LogP contribution in [0, 0.1) is 0 Å². The minimum Gasteiger partial charge on any atom is -0.545 e. The first-order valence-electron chi connectivity index (χ1n) is 7.60. The van der Waals surface area contributed by atoms with Gasteiger partial charge in [-0.1, -0.05) is 30.3 Å². The monoisotopic (exact) mass is 345 g/mol. The van der Waals surface area contributed by atoms with Crippen LogP contribution in [0.15, 0.2) is 59.5 Å². The van der Waals surface area contributed by atoms with Crippen LogP contribution in [0.3, 0.4) is 0 Å². The lowest BCUT2D eigenvalue weighted by Crippen LogP contribution is -2.48. The number of anilines is 1. The molecule has 0 bridgehead atoms. The van der Waals surface area contributed by atoms with Crippen LogP contribution < -0.4 is 10.0 Å². The molecule has 1 aliphatic heterocycles. The Bertz CT molecular complexity index is 829. The number of aromatic carboxylic acids is 1. The Labute approximate surface area is 141 Å². The van der Waals surface area contributed by atoms with Gasteiger partial charge < -0.3 is 14.8 Å². The van der Waals surface area contributed by atoms with Gasteiger partial charge in [0.25, 0.3) is 0 Å². The summed E-state index contributed by atoms with van der Waals surface area (Å²) in [5.41, 5.74) is 0.924. The summed E-state index contributed by atoms with van der Waals surface area (Å²) in [6.07, 6.45) is 0. The molecule has 0 aromatic heterocycles. The maximum Gasteiger partial charge on any atom is 0.243 e. The van der Waals surface area contributed by atoms with Crippen LogP contribution in [0.25, 0.3) is 0 Å². The standard InChI is InChI=1S/C17H18N2O4S/c20-17(21)14-5-4-8-16(13-14)24(22,23)19-11-9-18(10-12-19)15-6-2-1-3-7-15/h1-8,13H,9-12H2,(H,20,21)/p-1. The predicted molar refractivity (Wildman–Crippen MR) is 88.2 cm³/mol. The number of benzene rings is 2. The van der Waals surface area contributed by atoms with E-state index in [0.717, 1.165) is 11.8 Å². The van der Waals surface area contributed by atoms with E-state index in [4.69, 9.17) is 0 Å². The number of carboxylic acid groups (broad SMARTS) is 1. The van der Waals surface area contributed by atoms with Gasteiger partial charge >= 0.3 is 0 Å². The number of carbonyl (C=O) groups excluding carboxylic acids is 1. The second kappa shape index (κ2) is 6.62. The molecule has 1 aliphatic rings. The van der Waals surface area contributed by atoms with E-state index in [0.29, 0.717) is 26.2 Å². The zero-order valence-corrected chi connectivity index (χ0v) is 13.8. The fraction of sp³-hybridized carbons (Fsp3) is 0.235. The zero-order valence-electron chi connectivity index (χ0n) is 13.0. The largest absolute Gasteiger partial charge is 0.545 e. The third-order valence-corrected chi connectivity index (χ3v) is 5.96. The van der Waals surface area contributed by atoms with Crippen LogP contribution >= 0.6 is 0 Å². The Hall–Kier alpha value is -2.38. The molecule has 0 saturated carbocycles. The van der Waals surface area contributed by atoms with E-state index in [2.05, 4.69) is 4.90 Å². The number of carboxylic acids is 1. The van der Waals surface area contributed by atoms with Crippen molar-refractivity contribution in [1.29, 1.82) is 0 Å². The highest BCUT2D eigenvalue weighted by Gasteiger charge is 2.28. The van der Waals surface area contributed by atoms with Gasteiger partial charge in [0.15, 0.2) is 0 Å². The minimum absolute atomic E-state index is 0.0163. The van der Waals surface area contributed by atoms with Crippen LogP contribution in [0.5, 0.6) is 0 Å². The summed E-state index contributed by atoms with van der Waals surface area (Å²) in [5, 5.41) is 10.9. The van der Waals surface area contributed by atoms with Crippen molar-refractivity contribution in [3.05, 3.63) is 60.2 Å². The number of para-hydroxylation sites is 1. The van der Waals surface area contributed by atoms with Crippen molar-refractivity contribution in [3.63, 3.8) is 0 Å². The van der Waals surface area contributed by atoms with E-state index in [1.807, 2.05) is 30.3 Å². The number of hydrogen-bond acceptors (Lipinski definition) is 5. The molecule has 0 radical (unpaired) electrons. The summed E-state index contributed by atoms with van der Waals surface area (Å²) < 4.78 is 26.8. The topological polar surface area (TPSA) is 80.7 Å². The summed E-state index contributed by atoms with van der Waals surface area (Å²) in [4.78, 5) is 13.0. The molecular formula is C17H17N2O4S-. The average molecular weight is 345 g/mol. The fourth-order valence-corrected chi connectivity index (χ4v) is 4.23. The van der Waals surface area contributed by atoms with Crippen LogP contribution in [-0.4, -0.2) is 44.9 Å². The molecule has 0 unspecified atom stereocenters. The number of sulfonamides is 1. The van der Waals surface area contributed by atoms with E-state index in [1.165, 1.54) is 22.5 Å². The molecule has 24 heavy (non-hydrogen) atoms. The third-order valence-electron chi connectivity index (χ3n) is 4.07. The first-order chi connectivity index (χ1) is 11.5. The second-order valence-electron chi connectivity index (χ2n) is 5.54. The van der Waals surface area contributed by atoms with Gasteiger partial charge in [-0.05, 0) is 29.8 Å². The molecule has 1 saturated heterocycles. The highest BCUT2D eigenvalue weighted by atomic mass is 32.2. The molecule has 3 rings (SSSR count). The Morgan fingerprint density at radius 3 is 2.21 bits per heavy atom. The molecule has 2 aromatic carbocycles. The van der Waals surface area contributed by atoms with E-state index < -0.39 is 16.0 Å². The summed E-state index contributed by atoms with van der Waals surface area (Å²) >= 11 is 0. The van der Waals surface area contributed by atoms with Gasteiger partial charge in [0.05, 0.1) is 10.9 Å². The van der Waals surface area contributed by atoms with Gasteiger partial charge in [-0.15, -0.1) is 0 Å². The van der Waals surface area contributed by atoms with Gasteiger partial charge in [0.1, 0.15) is 0 Å². The van der Waals surface area contributed by atoms with Crippen LogP contribution in [0.1, 0.15) is 10.4 Å². The molecule has 0 atom stereocenters. The van der Waals surface area contributed by atoms with E-state index in [-0.39, 0.29) is 10.5 Å². The fourth-order valence-electron chi connectivity index (χ4n) is 2.76. The number of nitrogens with zero attached hydrogens (tertiary/aromatic N) is 2. The first kappa shape index (κ1) is 16.5. The number of piperazine rings is 1. The van der Waals surface area contributed by atoms with Gasteiger partial charge in [-0.25, -0.2) is 8.42 Å². The second-order valence-corrected chi connectivity index (χ2v) is 7.48. The van der Waals surface area contributed by atoms with Crippen molar-refractivity contribution in [1.82, 2.24) is 4.31 Å². The van der Waals surface area contributed by atoms with Crippen molar-refractivity contribution in [2.24, 2.45) is 0 Å². The van der Waals surface area contributed by atoms with Gasteiger partial charge in [-0.3, -0.25) is 0 Å². The summed E-state index contributed by atoms with van der Waals surface area (Å²) in [7, 11) is -3.71. The summed E-state index contributed by atoms with van der Waals surface area (Å²) in [6, 6.07) is 15.1. The third kappa shape index (κ3) is 3.27. The normalized spacial score (nSPS) is 16.1. The van der Waals surface area contributed by atoms with E-state index in [9.17, 15) is 18.3 Å². The first-order valence-corrected chi connectivity index (χ1v) is 9.04. The minimum atomic E-state index is -3.71. The summed E-state index contributed by atoms with van der Waals surface area (Å²) in [5.74, 6) is -1.39. The van der Waals surface area contributed by atoms with E-state index >= 15 is 0 Å². The Kier molecular flexibility index (Phi) is 4.55. The van der Waals surface area contributed by atoms with Gasteiger partial charge in [0, 0.05) is 31.9 Å². The average Bonchev–Trinajstić information content (AvgIpc) is 2.62. The molecule has 0 spiro atoms. The van der Waals surface area contributed by atoms with E-state index in [1.54, 1.807) is 0 Å². The van der Waals surface area contributed by atoms with Crippen molar-refractivity contribution < 1.29 is 18.3 Å². The molecule has 0 amide bonds. The number of rotatable bonds is 4. The van der Waals surface area contributed by atoms with Gasteiger partial charge in [0.2, 0.25) is 10.0 Å². The lowest BCUT2D eigenvalue weighted by molar-refractivity contribution is -0.255.